The van der Waals surface area contributed by atoms with Crippen molar-refractivity contribution in [2.45, 2.75) is 20.8 Å². The maximum Gasteiger partial charge on any atom is 0.545 e. The molecule has 110 valence electrons. The molecule has 7 heteroatoms. The van der Waals surface area contributed by atoms with E-state index in [1.54, 1.807) is 7.05 Å². The first-order chi connectivity index (χ1) is 9.26. The number of ether oxygens (including phenoxy) is 1. The molecule has 0 spiro atoms. The fraction of sp³-hybridized carbons (Fsp3) is 0.385. The van der Waals surface area contributed by atoms with E-state index >= 15 is 0 Å². The monoisotopic (exact) mass is 316 g/mol. The first-order valence-corrected chi connectivity index (χ1v) is 6.98. The highest BCUT2D eigenvalue weighted by atomic mass is 32.2. The van der Waals surface area contributed by atoms with Crippen LogP contribution in [0.4, 0.5) is 15.3 Å². The van der Waals surface area contributed by atoms with Crippen molar-refractivity contribution in [3.05, 3.63) is 28.8 Å². The number of benzene rings is 1. The third kappa shape index (κ3) is 3.28. The number of rotatable bonds is 1. The lowest BCUT2D eigenvalue weighted by atomic mass is 10.0. The molecule has 0 saturated heterocycles. The molecule has 0 radical (unpaired) electrons. The van der Waals surface area contributed by atoms with Crippen molar-refractivity contribution in [1.82, 2.24) is 3.89 Å². The minimum absolute atomic E-state index is 0.432. The summed E-state index contributed by atoms with van der Waals surface area (Å²) in [6.45, 7) is 5.90. The van der Waals surface area contributed by atoms with Crippen molar-refractivity contribution in [3.8, 4) is 0 Å². The smallest absolute Gasteiger partial charge is 0.457 e. The molecule has 0 heterocycles. The lowest BCUT2D eigenvalue weighted by Crippen LogP contribution is -2.44. The van der Waals surface area contributed by atoms with Gasteiger partial charge in [-0.2, -0.15) is 4.79 Å². The summed E-state index contributed by atoms with van der Waals surface area (Å²) in [6, 6.07) is 3.70. The summed E-state index contributed by atoms with van der Waals surface area (Å²) in [5.74, 6) is 0. The minimum Gasteiger partial charge on any atom is -0.457 e. The van der Waals surface area contributed by atoms with E-state index in [1.807, 2.05) is 32.9 Å². The molecule has 0 aliphatic carbocycles. The molecule has 0 aliphatic heterocycles. The van der Waals surface area contributed by atoms with Crippen molar-refractivity contribution in [2.75, 3.05) is 14.2 Å². The van der Waals surface area contributed by atoms with Gasteiger partial charge >= 0.3 is 11.4 Å². The van der Waals surface area contributed by atoms with Crippen LogP contribution in [0.3, 0.4) is 0 Å². The summed E-state index contributed by atoms with van der Waals surface area (Å²) in [4.78, 5) is 23.6. The topological polar surface area (TPSA) is 52.6 Å². The molecule has 1 aromatic rings. The van der Waals surface area contributed by atoms with E-state index in [1.165, 1.54) is 7.11 Å². The lowest BCUT2D eigenvalue weighted by Gasteiger charge is -2.25. The zero-order valence-electron chi connectivity index (χ0n) is 12.1. The number of hydrogen-bond donors (Lipinski definition) is 1. The Morgan fingerprint density at radius 3 is 2.10 bits per heavy atom. The average Bonchev–Trinajstić information content (AvgIpc) is 2.42. The molecule has 5 nitrogen and oxygen atoms in total. The normalized spacial score (nSPS) is 13.5. The van der Waals surface area contributed by atoms with Gasteiger partial charge in [0.25, 0.3) is 0 Å². The standard InChI is InChI=1S/C13H17NO4S2/c1-8-6-11(7-9(2)10(8)3)14(4,12(15)18-19)20-13(16)17-5/h6-7H,1-5H3/p+1. The van der Waals surface area contributed by atoms with Gasteiger partial charge < -0.3 is 8.92 Å². The van der Waals surface area contributed by atoms with Crippen LogP contribution in [0.15, 0.2) is 12.1 Å². The van der Waals surface area contributed by atoms with Crippen LogP contribution in [0.2, 0.25) is 0 Å². The molecular weight excluding hydrogens is 298 g/mol. The molecule has 0 bridgehead atoms. The molecule has 0 aromatic heterocycles. The van der Waals surface area contributed by atoms with E-state index in [9.17, 15) is 9.59 Å². The quantitative estimate of drug-likeness (QED) is 0.279. The third-order valence-corrected chi connectivity index (χ3v) is 4.45. The van der Waals surface area contributed by atoms with Crippen molar-refractivity contribution >= 4 is 41.9 Å². The van der Waals surface area contributed by atoms with E-state index in [0.29, 0.717) is 17.6 Å². The predicted octanol–water partition coefficient (Wildman–Crippen LogP) is 3.94. The van der Waals surface area contributed by atoms with E-state index in [2.05, 4.69) is 21.8 Å². The number of hydrogen-bond acceptors (Lipinski definition) is 6. The van der Waals surface area contributed by atoms with Crippen molar-refractivity contribution in [1.29, 1.82) is 0 Å². The summed E-state index contributed by atoms with van der Waals surface area (Å²) in [6.07, 6.45) is -0.675. The number of nitrogens with zero attached hydrogens (tertiary/aromatic N) is 1. The average molecular weight is 316 g/mol. The summed E-state index contributed by atoms with van der Waals surface area (Å²) < 4.78 is 8.71. The second kappa shape index (κ2) is 6.51. The van der Waals surface area contributed by atoms with Gasteiger partial charge in [0.05, 0.1) is 14.2 Å². The molecule has 1 aromatic carbocycles. The Bertz CT molecular complexity index is 524. The van der Waals surface area contributed by atoms with Gasteiger partial charge in [-0.3, -0.25) is 0 Å². The van der Waals surface area contributed by atoms with Gasteiger partial charge in [-0.15, -0.1) is 3.89 Å². The van der Waals surface area contributed by atoms with E-state index in [4.69, 9.17) is 0 Å². The number of thiol groups is 1. The molecule has 1 atom stereocenters. The number of carbonyl (C=O) groups excluding carboxylic acids is 2. The summed E-state index contributed by atoms with van der Waals surface area (Å²) in [7, 11) is 2.82. The Labute approximate surface area is 128 Å². The van der Waals surface area contributed by atoms with Crippen LogP contribution in [0.25, 0.3) is 0 Å². The van der Waals surface area contributed by atoms with Crippen LogP contribution in [-0.2, 0) is 8.92 Å². The van der Waals surface area contributed by atoms with Crippen LogP contribution in [0, 0.1) is 20.8 Å². The highest BCUT2D eigenvalue weighted by Gasteiger charge is 2.43. The molecule has 20 heavy (non-hydrogen) atoms. The number of quaternary nitrogens is 1. The van der Waals surface area contributed by atoms with Gasteiger partial charge in [0.2, 0.25) is 11.9 Å². The fourth-order valence-corrected chi connectivity index (χ4v) is 2.63. The molecule has 1 amide bonds. The molecule has 1 rings (SSSR count). The van der Waals surface area contributed by atoms with Crippen LogP contribution in [-0.4, -0.2) is 25.6 Å². The fourth-order valence-electron chi connectivity index (χ4n) is 1.72. The van der Waals surface area contributed by atoms with Crippen LogP contribution in [0.5, 0.6) is 0 Å². The second-order valence-electron chi connectivity index (χ2n) is 4.53. The predicted molar refractivity (Wildman–Crippen MR) is 83.8 cm³/mol. The molecule has 0 aliphatic rings. The van der Waals surface area contributed by atoms with Crippen LogP contribution in [0.1, 0.15) is 16.7 Å². The zero-order valence-corrected chi connectivity index (χ0v) is 13.8. The minimum atomic E-state index is -0.675. The van der Waals surface area contributed by atoms with Gasteiger partial charge in [-0.25, -0.2) is 4.79 Å². The summed E-state index contributed by atoms with van der Waals surface area (Å²) in [5.41, 5.74) is 3.83. The van der Waals surface area contributed by atoms with Gasteiger partial charge in [-0.1, -0.05) is 0 Å². The van der Waals surface area contributed by atoms with Gasteiger partial charge in [0, 0.05) is 25.0 Å². The number of aryl methyl sites for hydroxylation is 2. The van der Waals surface area contributed by atoms with E-state index in [0.717, 1.165) is 16.7 Å². The van der Waals surface area contributed by atoms with Gasteiger partial charge in [0.1, 0.15) is 0 Å². The lowest BCUT2D eigenvalue weighted by molar-refractivity contribution is 0.191. The number of methoxy groups -OCH3 is 1. The van der Waals surface area contributed by atoms with Crippen LogP contribution < -0.4 is 3.89 Å². The zero-order chi connectivity index (χ0) is 15.5. The first kappa shape index (κ1) is 16.9. The number of carbonyl (C=O) groups is 2. The Morgan fingerprint density at radius 1 is 1.20 bits per heavy atom. The molecule has 0 fully saturated rings. The molecular formula is C13H18NO4S2+. The third-order valence-electron chi connectivity index (χ3n) is 3.25. The SMILES string of the molecule is COC(=O)S[N+](C)(C(=O)OS)c1cc(C)c(C)c(C)c1. The molecule has 0 N–H and O–H groups in total. The second-order valence-corrected chi connectivity index (χ2v) is 5.96. The highest BCUT2D eigenvalue weighted by molar-refractivity contribution is 8.13. The van der Waals surface area contributed by atoms with E-state index < -0.39 is 15.3 Å². The summed E-state index contributed by atoms with van der Waals surface area (Å²) >= 11 is 4.26. The molecule has 1 unspecified atom stereocenters. The maximum atomic E-state index is 12.0. The maximum absolute atomic E-state index is 12.0. The Kier molecular flexibility index (Phi) is 5.50. The van der Waals surface area contributed by atoms with Crippen LogP contribution >= 0.6 is 24.9 Å². The van der Waals surface area contributed by atoms with Crippen molar-refractivity contribution < 1.29 is 18.5 Å². The van der Waals surface area contributed by atoms with E-state index in [-0.39, 0.29) is 0 Å². The van der Waals surface area contributed by atoms with Crippen molar-refractivity contribution in [3.63, 3.8) is 0 Å². The largest absolute Gasteiger partial charge is 0.545 e. The summed E-state index contributed by atoms with van der Waals surface area (Å²) in [5, 5.41) is -0.581. The Balaban J connectivity index is 3.38. The Hall–Kier alpha value is -1.18. The number of amides is 1. The van der Waals surface area contributed by atoms with Crippen molar-refractivity contribution in [2.24, 2.45) is 0 Å². The molecule has 0 saturated carbocycles. The Morgan fingerprint density at radius 2 is 1.70 bits per heavy atom. The van der Waals surface area contributed by atoms with Gasteiger partial charge in [0.15, 0.2) is 5.69 Å². The first-order valence-electron chi connectivity index (χ1n) is 5.84. The highest BCUT2D eigenvalue weighted by Crippen LogP contribution is 2.35. The van der Waals surface area contributed by atoms with Gasteiger partial charge in [-0.05, 0) is 37.5 Å².